The fourth-order valence-electron chi connectivity index (χ4n) is 4.83. The second-order valence-electron chi connectivity index (χ2n) is 10.6. The first-order chi connectivity index (χ1) is 22.3. The first-order valence-electron chi connectivity index (χ1n) is 16.0. The normalized spacial score (nSPS) is 14.8. The Morgan fingerprint density at radius 1 is 0.978 bits per heavy atom. The molecule has 4 N–H and O–H groups in total. The molecule has 1 heterocycles. The number of carbonyl (C=O) groups excluding carboxylic acids is 4. The van der Waals surface area contributed by atoms with E-state index in [1.54, 1.807) is 0 Å². The zero-order valence-corrected chi connectivity index (χ0v) is 27.3. The van der Waals surface area contributed by atoms with E-state index in [2.05, 4.69) is 35.1 Å². The number of hydrogen-bond acceptors (Lipinski definition) is 6. The molecule has 10 heteroatoms. The van der Waals surface area contributed by atoms with Crippen LogP contribution in [-0.4, -0.2) is 49.0 Å². The zero-order valence-electron chi connectivity index (χ0n) is 27.3. The first kappa shape index (κ1) is 37.3. The predicted octanol–water partition coefficient (Wildman–Crippen LogP) is 5.16. The van der Waals surface area contributed by atoms with Crippen LogP contribution < -0.4 is 21.3 Å². The van der Waals surface area contributed by atoms with Crippen molar-refractivity contribution >= 4 is 34.6 Å². The van der Waals surface area contributed by atoms with Crippen LogP contribution in [0.4, 0.5) is 4.79 Å². The van der Waals surface area contributed by atoms with Crippen molar-refractivity contribution in [2.45, 2.75) is 78.5 Å². The third-order valence-corrected chi connectivity index (χ3v) is 6.96. The Morgan fingerprint density at radius 2 is 1.65 bits per heavy atom. The van der Waals surface area contributed by atoms with Crippen molar-refractivity contribution in [3.63, 3.8) is 0 Å². The molecule has 4 amide bonds. The SMILES string of the molecule is CC.CCC.N#CC(CC1CCCNC1=O)NC(=O)CNC(=O)C(Cc1cccc2ccccc12)NC(=O)OCc1ccccc1. The van der Waals surface area contributed by atoms with E-state index in [1.165, 1.54) is 6.42 Å². The number of rotatable bonds is 11. The van der Waals surface area contributed by atoms with E-state index in [-0.39, 0.29) is 31.3 Å². The largest absolute Gasteiger partial charge is 0.445 e. The van der Waals surface area contributed by atoms with Crippen molar-refractivity contribution in [2.75, 3.05) is 13.1 Å². The fourth-order valence-corrected chi connectivity index (χ4v) is 4.83. The lowest BCUT2D eigenvalue weighted by atomic mass is 9.92. The summed E-state index contributed by atoms with van der Waals surface area (Å²) < 4.78 is 5.33. The molecular weight excluding hydrogens is 582 g/mol. The van der Waals surface area contributed by atoms with E-state index in [0.29, 0.717) is 13.0 Å². The van der Waals surface area contributed by atoms with Gasteiger partial charge in [0.15, 0.2) is 0 Å². The van der Waals surface area contributed by atoms with Gasteiger partial charge in [0.05, 0.1) is 12.6 Å². The summed E-state index contributed by atoms with van der Waals surface area (Å²) in [4.78, 5) is 50.5. The molecule has 3 aromatic rings. The second-order valence-corrected chi connectivity index (χ2v) is 10.6. The van der Waals surface area contributed by atoms with Gasteiger partial charge in [-0.2, -0.15) is 5.26 Å². The molecular formula is C36H47N5O5. The van der Waals surface area contributed by atoms with E-state index >= 15 is 0 Å². The summed E-state index contributed by atoms with van der Waals surface area (Å²) in [6, 6.07) is 22.7. The summed E-state index contributed by atoms with van der Waals surface area (Å²) in [5.74, 6) is -1.62. The summed E-state index contributed by atoms with van der Waals surface area (Å²) in [5.41, 5.74) is 1.64. The standard InChI is InChI=1S/C31H33N5O5.C3H8.C2H6/c32-18-25(16-24-13-7-15-33-29(24)38)35-28(37)19-34-30(39)27(36-31(40)41-20-21-8-2-1-3-9-21)17-23-12-6-11-22-10-4-5-14-26(22)23;1-3-2;1-2/h1-6,8-12,14,24-25,27H,7,13,15-17,19-20H2,(H,33,38)(H,34,39)(H,35,37)(H,36,40);3H2,1-2H3;1-2H3. The number of fused-ring (bicyclic) bond motifs is 1. The maximum atomic E-state index is 13.2. The minimum atomic E-state index is -1.03. The molecule has 0 aromatic heterocycles. The Hall–Kier alpha value is -4.91. The highest BCUT2D eigenvalue weighted by atomic mass is 16.5. The summed E-state index contributed by atoms with van der Waals surface area (Å²) in [6.07, 6.45) is 2.30. The molecule has 0 radical (unpaired) electrons. The quantitative estimate of drug-likeness (QED) is 0.230. The van der Waals surface area contributed by atoms with Gasteiger partial charge in [-0.1, -0.05) is 107 Å². The highest BCUT2D eigenvalue weighted by Crippen LogP contribution is 2.20. The van der Waals surface area contributed by atoms with Gasteiger partial charge in [0.2, 0.25) is 17.7 Å². The van der Waals surface area contributed by atoms with Crippen molar-refractivity contribution in [1.29, 1.82) is 5.26 Å². The highest BCUT2D eigenvalue weighted by Gasteiger charge is 2.27. The van der Waals surface area contributed by atoms with Crippen LogP contribution in [0.1, 0.15) is 64.5 Å². The Bertz CT molecular complexity index is 1430. The van der Waals surface area contributed by atoms with Gasteiger partial charge in [-0.3, -0.25) is 14.4 Å². The van der Waals surface area contributed by atoms with Crippen molar-refractivity contribution in [2.24, 2.45) is 5.92 Å². The van der Waals surface area contributed by atoms with Crippen LogP contribution in [0.5, 0.6) is 0 Å². The van der Waals surface area contributed by atoms with Crippen LogP contribution in [0.2, 0.25) is 0 Å². The maximum Gasteiger partial charge on any atom is 0.408 e. The number of piperidine rings is 1. The lowest BCUT2D eigenvalue weighted by Crippen LogP contribution is -2.51. The molecule has 46 heavy (non-hydrogen) atoms. The molecule has 4 rings (SSSR count). The Morgan fingerprint density at radius 3 is 2.35 bits per heavy atom. The maximum absolute atomic E-state index is 13.2. The third kappa shape index (κ3) is 12.6. The predicted molar refractivity (Wildman–Crippen MR) is 179 cm³/mol. The third-order valence-electron chi connectivity index (χ3n) is 6.96. The molecule has 1 aliphatic heterocycles. The number of alkyl carbamates (subject to hydrolysis) is 1. The monoisotopic (exact) mass is 629 g/mol. The van der Waals surface area contributed by atoms with Gasteiger partial charge < -0.3 is 26.0 Å². The number of nitriles is 1. The molecule has 3 atom stereocenters. The van der Waals surface area contributed by atoms with Gasteiger partial charge in [0, 0.05) is 18.9 Å². The fraction of sp³-hybridized carbons (Fsp3) is 0.417. The van der Waals surface area contributed by atoms with Gasteiger partial charge in [-0.15, -0.1) is 0 Å². The lowest BCUT2D eigenvalue weighted by molar-refractivity contribution is -0.128. The lowest BCUT2D eigenvalue weighted by Gasteiger charge is -2.24. The van der Waals surface area contributed by atoms with Gasteiger partial charge in [0.1, 0.15) is 18.7 Å². The van der Waals surface area contributed by atoms with E-state index in [1.807, 2.05) is 92.7 Å². The van der Waals surface area contributed by atoms with E-state index in [0.717, 1.165) is 28.3 Å². The molecule has 246 valence electrons. The van der Waals surface area contributed by atoms with Crippen LogP contribution >= 0.6 is 0 Å². The molecule has 0 spiro atoms. The van der Waals surface area contributed by atoms with E-state index in [4.69, 9.17) is 4.74 Å². The number of amides is 4. The van der Waals surface area contributed by atoms with Crippen molar-refractivity contribution in [3.8, 4) is 6.07 Å². The van der Waals surface area contributed by atoms with Crippen LogP contribution in [0, 0.1) is 17.2 Å². The summed E-state index contributed by atoms with van der Waals surface area (Å²) in [5, 5.41) is 22.0. The topological polar surface area (TPSA) is 149 Å². The van der Waals surface area contributed by atoms with Crippen molar-refractivity contribution < 1.29 is 23.9 Å². The number of carbonyl (C=O) groups is 4. The van der Waals surface area contributed by atoms with Crippen LogP contribution in [-0.2, 0) is 32.1 Å². The first-order valence-corrected chi connectivity index (χ1v) is 16.0. The molecule has 10 nitrogen and oxygen atoms in total. The number of nitrogens with one attached hydrogen (secondary N) is 4. The molecule has 1 aliphatic rings. The Kier molecular flexibility index (Phi) is 17.0. The average Bonchev–Trinajstić information content (AvgIpc) is 3.08. The number of ether oxygens (including phenoxy) is 1. The van der Waals surface area contributed by atoms with Gasteiger partial charge >= 0.3 is 6.09 Å². The van der Waals surface area contributed by atoms with E-state index < -0.39 is 36.5 Å². The smallest absolute Gasteiger partial charge is 0.408 e. The van der Waals surface area contributed by atoms with Gasteiger partial charge in [-0.05, 0) is 41.2 Å². The Balaban J connectivity index is 0.00000139. The Labute approximate surface area is 272 Å². The van der Waals surface area contributed by atoms with Gasteiger partial charge in [-0.25, -0.2) is 4.79 Å². The average molecular weight is 630 g/mol. The molecule has 0 saturated carbocycles. The van der Waals surface area contributed by atoms with E-state index in [9.17, 15) is 24.4 Å². The summed E-state index contributed by atoms with van der Waals surface area (Å²) in [6.45, 7) is 8.49. The van der Waals surface area contributed by atoms with Gasteiger partial charge in [0.25, 0.3) is 0 Å². The molecule has 1 saturated heterocycles. The van der Waals surface area contributed by atoms with Crippen molar-refractivity contribution in [1.82, 2.24) is 21.3 Å². The number of nitrogens with zero attached hydrogens (tertiary/aromatic N) is 1. The molecule has 3 aromatic carbocycles. The van der Waals surface area contributed by atoms with Crippen LogP contribution in [0.3, 0.4) is 0 Å². The number of benzene rings is 3. The molecule has 1 fully saturated rings. The zero-order chi connectivity index (χ0) is 33.7. The van der Waals surface area contributed by atoms with Crippen molar-refractivity contribution in [3.05, 3.63) is 83.9 Å². The van der Waals surface area contributed by atoms with Crippen LogP contribution in [0.15, 0.2) is 72.8 Å². The molecule has 0 aliphatic carbocycles. The summed E-state index contributed by atoms with van der Waals surface area (Å²) in [7, 11) is 0. The number of hydrogen-bond donors (Lipinski definition) is 4. The minimum absolute atomic E-state index is 0.0340. The molecule has 3 unspecified atom stereocenters. The highest BCUT2D eigenvalue weighted by molar-refractivity contribution is 5.91. The summed E-state index contributed by atoms with van der Waals surface area (Å²) >= 11 is 0. The van der Waals surface area contributed by atoms with Crippen LogP contribution in [0.25, 0.3) is 10.8 Å². The molecule has 0 bridgehead atoms. The minimum Gasteiger partial charge on any atom is -0.445 e. The second kappa shape index (κ2) is 20.9.